The molecule has 2 nitrogen and oxygen atoms in total. The predicted octanol–water partition coefficient (Wildman–Crippen LogP) is 7.35. The van der Waals surface area contributed by atoms with Gasteiger partial charge in [0.1, 0.15) is 5.94 Å². The first-order valence-electron chi connectivity index (χ1n) is 10.0. The van der Waals surface area contributed by atoms with E-state index in [1.54, 1.807) is 0 Å². The normalized spacial score (nSPS) is 8.46. The maximum Gasteiger partial charge on any atom is 0.116 e. The van der Waals surface area contributed by atoms with Crippen LogP contribution in [0.5, 0.6) is 0 Å². The molecule has 0 aliphatic rings. The van der Waals surface area contributed by atoms with E-state index in [0.717, 1.165) is 6.42 Å². The summed E-state index contributed by atoms with van der Waals surface area (Å²) >= 11 is 0. The smallest absolute Gasteiger partial charge is 0.116 e. The maximum atomic E-state index is 8.57. The molecule has 154 valence electrons. The molecular weight excluding hydrogens is 342 g/mol. The first-order chi connectivity index (χ1) is 13.5. The molecule has 0 bridgehead atoms. The fraction of sp³-hybridized carbons (Fsp3) is 0.385. The highest BCUT2D eigenvalue weighted by molar-refractivity contribution is 5.43. The lowest BCUT2D eigenvalue weighted by molar-refractivity contribution is 0.569. The van der Waals surface area contributed by atoms with Crippen LogP contribution in [-0.4, -0.2) is 13.0 Å². The van der Waals surface area contributed by atoms with Crippen molar-refractivity contribution in [1.29, 1.82) is 0 Å². The van der Waals surface area contributed by atoms with Gasteiger partial charge >= 0.3 is 0 Å². The Hall–Kier alpha value is -2.57. The van der Waals surface area contributed by atoms with Crippen LogP contribution in [-0.2, 0) is 11.2 Å². The van der Waals surface area contributed by atoms with Crippen LogP contribution >= 0.6 is 0 Å². The summed E-state index contributed by atoms with van der Waals surface area (Å²) in [5.41, 5.74) is 5.30. The number of rotatable bonds is 6. The van der Waals surface area contributed by atoms with Crippen LogP contribution in [0.4, 0.5) is 5.69 Å². The number of aryl methyl sites for hydroxylation is 3. The zero-order valence-corrected chi connectivity index (χ0v) is 18.6. The number of unbranched alkanes of at least 4 members (excludes halogenated alkanes) is 2. The second-order valence-electron chi connectivity index (χ2n) is 6.40. The Balaban J connectivity index is 0. The highest BCUT2D eigenvalue weighted by atomic mass is 16.1. The van der Waals surface area contributed by atoms with Crippen molar-refractivity contribution < 1.29 is 4.79 Å². The molecular formula is C26H39NO. The fourth-order valence-electron chi connectivity index (χ4n) is 2.05. The van der Waals surface area contributed by atoms with Gasteiger partial charge in [-0.3, -0.25) is 0 Å². The zero-order chi connectivity index (χ0) is 21.6. The zero-order valence-electron chi connectivity index (χ0n) is 18.6. The Morgan fingerprint density at radius 3 is 1.68 bits per heavy atom. The van der Waals surface area contributed by atoms with Gasteiger partial charge in [-0.25, -0.2) is 4.79 Å². The standard InChI is InChI=1S/C12H19N.C8H10.C4H8.C2H2O/c1-3-4-5-6-11-7-9-12(13-2)10-8-11;1-7-3-5-8(2)6-4-7;1-3-4-2;1-2-3/h7-10,13H,3-6H2,1-2H3;3-6H,1-2H3;3H,1,4H2,2H3;1H2. The lowest BCUT2D eigenvalue weighted by Crippen LogP contribution is -1.89. The molecule has 0 aliphatic carbocycles. The van der Waals surface area contributed by atoms with Crippen LogP contribution in [0.1, 0.15) is 56.2 Å². The van der Waals surface area contributed by atoms with Crippen molar-refractivity contribution in [1.82, 2.24) is 0 Å². The first-order valence-corrected chi connectivity index (χ1v) is 10.0. The third-order valence-corrected chi connectivity index (χ3v) is 3.82. The molecule has 0 atom stereocenters. The van der Waals surface area contributed by atoms with Crippen molar-refractivity contribution in [2.75, 3.05) is 12.4 Å². The van der Waals surface area contributed by atoms with Gasteiger partial charge in [0.15, 0.2) is 0 Å². The highest BCUT2D eigenvalue weighted by Crippen LogP contribution is 2.11. The number of benzene rings is 2. The van der Waals surface area contributed by atoms with Crippen LogP contribution in [0.25, 0.3) is 0 Å². The largest absolute Gasteiger partial charge is 0.388 e. The Bertz CT molecular complexity index is 599. The molecule has 0 aromatic heterocycles. The van der Waals surface area contributed by atoms with Gasteiger partial charge in [-0.2, -0.15) is 0 Å². The molecule has 0 amide bonds. The van der Waals surface area contributed by atoms with Gasteiger partial charge in [-0.15, -0.1) is 6.58 Å². The van der Waals surface area contributed by atoms with Crippen LogP contribution in [0.3, 0.4) is 0 Å². The summed E-state index contributed by atoms with van der Waals surface area (Å²) in [6.45, 7) is 14.7. The Morgan fingerprint density at radius 2 is 1.36 bits per heavy atom. The molecule has 0 spiro atoms. The van der Waals surface area contributed by atoms with E-state index in [9.17, 15) is 0 Å². The molecule has 0 heterocycles. The van der Waals surface area contributed by atoms with Gasteiger partial charge in [-0.05, 0) is 57.4 Å². The summed E-state index contributed by atoms with van der Waals surface area (Å²) in [5.74, 6) is 1.25. The first kappa shape index (κ1) is 27.6. The summed E-state index contributed by atoms with van der Waals surface area (Å²) in [5, 5.41) is 3.12. The van der Waals surface area contributed by atoms with Gasteiger partial charge in [-0.1, -0.05) is 80.3 Å². The van der Waals surface area contributed by atoms with Crippen molar-refractivity contribution in [2.24, 2.45) is 0 Å². The van der Waals surface area contributed by atoms with Crippen molar-refractivity contribution in [3.63, 3.8) is 0 Å². The van der Waals surface area contributed by atoms with E-state index in [4.69, 9.17) is 4.79 Å². The maximum absolute atomic E-state index is 8.57. The molecule has 0 aliphatic heterocycles. The number of allylic oxidation sites excluding steroid dienone is 1. The Kier molecular flexibility index (Phi) is 20.5. The third-order valence-electron chi connectivity index (χ3n) is 3.82. The van der Waals surface area contributed by atoms with Crippen molar-refractivity contribution >= 4 is 11.6 Å². The van der Waals surface area contributed by atoms with Gasteiger partial charge in [0, 0.05) is 12.7 Å². The Morgan fingerprint density at radius 1 is 0.929 bits per heavy atom. The van der Waals surface area contributed by atoms with Gasteiger partial charge in [0.2, 0.25) is 0 Å². The topological polar surface area (TPSA) is 29.1 Å². The third kappa shape index (κ3) is 18.2. The van der Waals surface area contributed by atoms with E-state index in [1.807, 2.05) is 13.1 Å². The summed E-state index contributed by atoms with van der Waals surface area (Å²) in [7, 11) is 1.95. The molecule has 0 saturated carbocycles. The highest BCUT2D eigenvalue weighted by Gasteiger charge is 1.92. The minimum absolute atomic E-state index is 1.08. The number of carbonyl (C=O) groups excluding carboxylic acids is 1. The quantitative estimate of drug-likeness (QED) is 0.322. The predicted molar refractivity (Wildman–Crippen MR) is 127 cm³/mol. The minimum atomic E-state index is 1.08. The molecule has 2 aromatic rings. The molecule has 0 fully saturated rings. The number of hydrogen-bond acceptors (Lipinski definition) is 2. The van der Waals surface area contributed by atoms with Crippen molar-refractivity contribution in [3.05, 3.63) is 84.5 Å². The Labute approximate surface area is 173 Å². The van der Waals surface area contributed by atoms with E-state index in [0.29, 0.717) is 0 Å². The van der Waals surface area contributed by atoms with Crippen LogP contribution in [0.2, 0.25) is 0 Å². The summed E-state index contributed by atoms with van der Waals surface area (Å²) in [4.78, 5) is 8.57. The molecule has 0 unspecified atom stereocenters. The fourth-order valence-corrected chi connectivity index (χ4v) is 2.05. The van der Waals surface area contributed by atoms with Crippen LogP contribution in [0.15, 0.2) is 67.8 Å². The van der Waals surface area contributed by atoms with Crippen LogP contribution < -0.4 is 5.32 Å². The van der Waals surface area contributed by atoms with E-state index in [-0.39, 0.29) is 0 Å². The summed E-state index contributed by atoms with van der Waals surface area (Å²) < 4.78 is 0. The average molecular weight is 382 g/mol. The lowest BCUT2D eigenvalue weighted by Gasteiger charge is -2.02. The summed E-state index contributed by atoms with van der Waals surface area (Å²) in [6.07, 6.45) is 8.13. The molecule has 28 heavy (non-hydrogen) atoms. The van der Waals surface area contributed by atoms with E-state index in [1.165, 1.54) is 54.0 Å². The van der Waals surface area contributed by atoms with E-state index < -0.39 is 0 Å². The molecule has 0 saturated heterocycles. The molecule has 2 rings (SSSR count). The molecule has 1 N–H and O–H groups in total. The average Bonchev–Trinajstić information content (AvgIpc) is 2.72. The number of hydrogen-bond donors (Lipinski definition) is 1. The van der Waals surface area contributed by atoms with Gasteiger partial charge < -0.3 is 5.32 Å². The number of anilines is 1. The van der Waals surface area contributed by atoms with Gasteiger partial charge in [0.25, 0.3) is 0 Å². The monoisotopic (exact) mass is 381 g/mol. The van der Waals surface area contributed by atoms with Crippen molar-refractivity contribution in [3.8, 4) is 0 Å². The minimum Gasteiger partial charge on any atom is -0.388 e. The second-order valence-corrected chi connectivity index (χ2v) is 6.40. The van der Waals surface area contributed by atoms with Crippen molar-refractivity contribution in [2.45, 2.75) is 59.8 Å². The molecule has 2 aromatic carbocycles. The van der Waals surface area contributed by atoms with E-state index >= 15 is 0 Å². The second kappa shape index (κ2) is 20.7. The SMILES string of the molecule is C=C=O.C=CCC.CCCCCc1ccc(NC)cc1.Cc1ccc(C)cc1. The lowest BCUT2D eigenvalue weighted by atomic mass is 10.1. The van der Waals surface area contributed by atoms with Gasteiger partial charge in [0.05, 0.1) is 0 Å². The van der Waals surface area contributed by atoms with E-state index in [2.05, 4.69) is 94.7 Å². The number of nitrogens with one attached hydrogen (secondary N) is 1. The summed E-state index contributed by atoms with van der Waals surface area (Å²) in [6, 6.07) is 17.2. The molecule has 0 radical (unpaired) electrons. The molecule has 2 heteroatoms. The van der Waals surface area contributed by atoms with Crippen LogP contribution in [0, 0.1) is 13.8 Å².